The first-order chi connectivity index (χ1) is 14.8. The van der Waals surface area contributed by atoms with E-state index in [1.165, 1.54) is 33.5 Å². The smallest absolute Gasteiger partial charge is 0.234 e. The first-order valence-electron chi connectivity index (χ1n) is 10.3. The molecular formula is C22H24FN3O4S. The average molecular weight is 446 g/mol. The van der Waals surface area contributed by atoms with Gasteiger partial charge in [-0.1, -0.05) is 0 Å². The standard InChI is InChI=1S/C22H24FN3O4S/c1-2-31(29,30)26-11-3-4-15-12-18(7-10-20(15)26)24-22(28)16-13-21(27)25(14-16)19-8-5-17(23)6-9-19/h5-10,12,16H,2-4,11,13-14H2,1H3,(H,24,28)/t16-/m1/s1. The number of amides is 2. The summed E-state index contributed by atoms with van der Waals surface area (Å²) in [5.74, 6) is -1.33. The quantitative estimate of drug-likeness (QED) is 0.767. The summed E-state index contributed by atoms with van der Waals surface area (Å²) >= 11 is 0. The second-order valence-corrected chi connectivity index (χ2v) is 9.97. The Bertz CT molecular complexity index is 1120. The fraction of sp³-hybridized carbons (Fsp3) is 0.364. The first-order valence-corrected chi connectivity index (χ1v) is 11.9. The van der Waals surface area contributed by atoms with Crippen molar-refractivity contribution in [3.8, 4) is 0 Å². The van der Waals surface area contributed by atoms with Crippen LogP contribution in [0.4, 0.5) is 21.5 Å². The number of nitrogens with one attached hydrogen (secondary N) is 1. The van der Waals surface area contributed by atoms with Crippen LogP contribution < -0.4 is 14.5 Å². The molecule has 0 spiro atoms. The molecule has 1 saturated heterocycles. The summed E-state index contributed by atoms with van der Waals surface area (Å²) in [6.45, 7) is 2.30. The van der Waals surface area contributed by atoms with Crippen LogP contribution in [0.15, 0.2) is 42.5 Å². The maximum Gasteiger partial charge on any atom is 0.234 e. The van der Waals surface area contributed by atoms with Gasteiger partial charge in [0.1, 0.15) is 5.82 Å². The number of rotatable bonds is 5. The van der Waals surface area contributed by atoms with Gasteiger partial charge < -0.3 is 10.2 Å². The third-order valence-corrected chi connectivity index (χ3v) is 7.54. The minimum absolute atomic E-state index is 0.0329. The summed E-state index contributed by atoms with van der Waals surface area (Å²) in [6, 6.07) is 10.8. The molecule has 1 N–H and O–H groups in total. The highest BCUT2D eigenvalue weighted by Crippen LogP contribution is 2.32. The molecule has 1 fully saturated rings. The molecule has 0 unspecified atom stereocenters. The summed E-state index contributed by atoms with van der Waals surface area (Å²) in [5, 5.41) is 2.86. The van der Waals surface area contributed by atoms with E-state index in [-0.39, 0.29) is 36.4 Å². The number of nitrogens with zero attached hydrogens (tertiary/aromatic N) is 2. The number of aryl methyl sites for hydroxylation is 1. The fourth-order valence-electron chi connectivity index (χ4n) is 4.08. The van der Waals surface area contributed by atoms with Crippen molar-refractivity contribution in [2.24, 2.45) is 5.92 Å². The van der Waals surface area contributed by atoms with Crippen LogP contribution in [-0.2, 0) is 26.0 Å². The highest BCUT2D eigenvalue weighted by Gasteiger charge is 2.35. The zero-order valence-corrected chi connectivity index (χ0v) is 18.0. The monoisotopic (exact) mass is 445 g/mol. The molecule has 1 atom stereocenters. The number of sulfonamides is 1. The molecule has 9 heteroatoms. The molecule has 2 amide bonds. The number of hydrogen-bond acceptors (Lipinski definition) is 4. The van der Waals surface area contributed by atoms with Crippen LogP contribution in [0.5, 0.6) is 0 Å². The fourth-order valence-corrected chi connectivity index (χ4v) is 5.28. The predicted molar refractivity (Wildman–Crippen MR) is 117 cm³/mol. The van der Waals surface area contributed by atoms with E-state index >= 15 is 0 Å². The Morgan fingerprint density at radius 1 is 1.19 bits per heavy atom. The van der Waals surface area contributed by atoms with Crippen LogP contribution in [0, 0.1) is 11.7 Å². The van der Waals surface area contributed by atoms with Gasteiger partial charge in [0.25, 0.3) is 0 Å². The van der Waals surface area contributed by atoms with Crippen LogP contribution in [-0.4, -0.2) is 39.1 Å². The van der Waals surface area contributed by atoms with Gasteiger partial charge in [-0.25, -0.2) is 12.8 Å². The predicted octanol–water partition coefficient (Wildman–Crippen LogP) is 2.92. The lowest BCUT2D eigenvalue weighted by molar-refractivity contribution is -0.122. The van der Waals surface area contributed by atoms with Crippen LogP contribution in [0.1, 0.15) is 25.3 Å². The van der Waals surface area contributed by atoms with Crippen molar-refractivity contribution in [3.63, 3.8) is 0 Å². The summed E-state index contributed by atoms with van der Waals surface area (Å²) in [4.78, 5) is 26.6. The summed E-state index contributed by atoms with van der Waals surface area (Å²) in [5.41, 5.74) is 2.67. The number of halogens is 1. The molecule has 2 aliphatic rings. The Morgan fingerprint density at radius 3 is 2.65 bits per heavy atom. The zero-order chi connectivity index (χ0) is 22.2. The summed E-state index contributed by atoms with van der Waals surface area (Å²) in [7, 11) is -3.35. The molecule has 2 aromatic rings. The second-order valence-electron chi connectivity index (χ2n) is 7.79. The van der Waals surface area contributed by atoms with Gasteiger partial charge in [0, 0.05) is 30.9 Å². The van der Waals surface area contributed by atoms with Gasteiger partial charge in [-0.05, 0) is 67.8 Å². The molecule has 2 aromatic carbocycles. The van der Waals surface area contributed by atoms with Crippen molar-refractivity contribution in [1.82, 2.24) is 0 Å². The second kappa shape index (κ2) is 8.30. The minimum Gasteiger partial charge on any atom is -0.326 e. The number of benzene rings is 2. The third-order valence-electron chi connectivity index (χ3n) is 5.76. The normalized spacial score (nSPS) is 18.8. The van der Waals surface area contributed by atoms with E-state index in [0.29, 0.717) is 30.0 Å². The van der Waals surface area contributed by atoms with Crippen molar-refractivity contribution in [1.29, 1.82) is 0 Å². The van der Waals surface area contributed by atoms with Crippen molar-refractivity contribution < 1.29 is 22.4 Å². The van der Waals surface area contributed by atoms with Crippen LogP contribution in [0.25, 0.3) is 0 Å². The lowest BCUT2D eigenvalue weighted by atomic mass is 10.0. The Kier molecular flexibility index (Phi) is 5.70. The van der Waals surface area contributed by atoms with Gasteiger partial charge in [-0.15, -0.1) is 0 Å². The highest BCUT2D eigenvalue weighted by molar-refractivity contribution is 7.92. The van der Waals surface area contributed by atoms with Gasteiger partial charge >= 0.3 is 0 Å². The van der Waals surface area contributed by atoms with Crippen molar-refractivity contribution in [2.45, 2.75) is 26.2 Å². The third kappa shape index (κ3) is 4.27. The molecule has 0 radical (unpaired) electrons. The highest BCUT2D eigenvalue weighted by atomic mass is 32.2. The van der Waals surface area contributed by atoms with E-state index in [4.69, 9.17) is 0 Å². The Morgan fingerprint density at radius 2 is 1.94 bits per heavy atom. The van der Waals surface area contributed by atoms with Gasteiger partial charge in [-0.3, -0.25) is 13.9 Å². The number of carbonyl (C=O) groups excluding carboxylic acids is 2. The van der Waals surface area contributed by atoms with E-state index in [1.54, 1.807) is 25.1 Å². The number of anilines is 3. The molecule has 7 nitrogen and oxygen atoms in total. The van der Waals surface area contributed by atoms with Gasteiger partial charge in [-0.2, -0.15) is 0 Å². The van der Waals surface area contributed by atoms with Crippen molar-refractivity contribution >= 4 is 38.9 Å². The van der Waals surface area contributed by atoms with Gasteiger partial charge in [0.15, 0.2) is 0 Å². The number of fused-ring (bicyclic) bond motifs is 1. The van der Waals surface area contributed by atoms with Crippen LogP contribution >= 0.6 is 0 Å². The van der Waals surface area contributed by atoms with E-state index < -0.39 is 15.9 Å². The molecule has 4 rings (SSSR count). The van der Waals surface area contributed by atoms with E-state index in [2.05, 4.69) is 5.32 Å². The van der Waals surface area contributed by atoms with E-state index in [1.807, 2.05) is 0 Å². The Balaban J connectivity index is 1.47. The average Bonchev–Trinajstić information content (AvgIpc) is 3.15. The minimum atomic E-state index is -3.35. The Labute approximate surface area is 180 Å². The number of carbonyl (C=O) groups is 2. The molecule has 2 heterocycles. The van der Waals surface area contributed by atoms with Gasteiger partial charge in [0.2, 0.25) is 21.8 Å². The zero-order valence-electron chi connectivity index (χ0n) is 17.2. The lowest BCUT2D eigenvalue weighted by Crippen LogP contribution is -2.36. The molecule has 31 heavy (non-hydrogen) atoms. The van der Waals surface area contributed by atoms with Gasteiger partial charge in [0.05, 0.1) is 17.4 Å². The molecule has 0 aromatic heterocycles. The summed E-state index contributed by atoms with van der Waals surface area (Å²) < 4.78 is 39.3. The SMILES string of the molecule is CCS(=O)(=O)N1CCCc2cc(NC(=O)[C@@H]3CC(=O)N(c4ccc(F)cc4)C3)ccc21. The Hall–Kier alpha value is -2.94. The first kappa shape index (κ1) is 21.3. The molecule has 0 aliphatic carbocycles. The molecule has 0 saturated carbocycles. The van der Waals surface area contributed by atoms with Crippen LogP contribution in [0.2, 0.25) is 0 Å². The van der Waals surface area contributed by atoms with Crippen LogP contribution in [0.3, 0.4) is 0 Å². The molecule has 0 bridgehead atoms. The topological polar surface area (TPSA) is 86.8 Å². The van der Waals surface area contributed by atoms with E-state index in [9.17, 15) is 22.4 Å². The molecule has 164 valence electrons. The van der Waals surface area contributed by atoms with Crippen molar-refractivity contribution in [2.75, 3.05) is 33.4 Å². The maximum atomic E-state index is 13.1. The maximum absolute atomic E-state index is 13.1. The van der Waals surface area contributed by atoms with Crippen molar-refractivity contribution in [3.05, 3.63) is 53.8 Å². The van der Waals surface area contributed by atoms with E-state index in [0.717, 1.165) is 12.0 Å². The largest absolute Gasteiger partial charge is 0.326 e. The number of hydrogen-bond donors (Lipinski definition) is 1. The molecule has 2 aliphatic heterocycles. The molecular weight excluding hydrogens is 421 g/mol. The summed E-state index contributed by atoms with van der Waals surface area (Å²) in [6.07, 6.45) is 1.53. The lowest BCUT2D eigenvalue weighted by Gasteiger charge is -2.30.